The fourth-order valence-corrected chi connectivity index (χ4v) is 2.21. The molecular weight excluding hydrogens is 202 g/mol. The van der Waals surface area contributed by atoms with E-state index in [1.165, 1.54) is 0 Å². The van der Waals surface area contributed by atoms with E-state index in [0.29, 0.717) is 11.5 Å². The van der Waals surface area contributed by atoms with Crippen LogP contribution in [-0.4, -0.2) is 28.0 Å². The quantitative estimate of drug-likeness (QED) is 0.660. The number of pyridine rings is 1. The van der Waals surface area contributed by atoms with Crippen LogP contribution in [0.2, 0.25) is 0 Å². The Morgan fingerprint density at radius 3 is 3.00 bits per heavy atom. The van der Waals surface area contributed by atoms with Crippen molar-refractivity contribution in [3.05, 3.63) is 18.0 Å². The Morgan fingerprint density at radius 2 is 2.25 bits per heavy atom. The van der Waals surface area contributed by atoms with E-state index in [1.54, 1.807) is 6.07 Å². The van der Waals surface area contributed by atoms with Gasteiger partial charge in [0, 0.05) is 12.0 Å². The fourth-order valence-electron chi connectivity index (χ4n) is 2.21. The third kappa shape index (κ3) is 1.36. The minimum atomic E-state index is 0.0927. The number of anilines is 1. The average molecular weight is 217 g/mol. The van der Waals surface area contributed by atoms with E-state index in [0.717, 1.165) is 30.9 Å². The van der Waals surface area contributed by atoms with E-state index in [4.69, 9.17) is 5.73 Å². The first-order valence-electron chi connectivity index (χ1n) is 5.51. The van der Waals surface area contributed by atoms with E-state index in [-0.39, 0.29) is 5.41 Å². The molecule has 1 aliphatic rings. The van der Waals surface area contributed by atoms with Crippen LogP contribution in [0.15, 0.2) is 12.1 Å². The summed E-state index contributed by atoms with van der Waals surface area (Å²) in [6.07, 6.45) is 1.10. The number of nitrogens with two attached hydrogens (primary N) is 1. The molecule has 0 radical (unpaired) electrons. The highest BCUT2D eigenvalue weighted by molar-refractivity contribution is 5.72. The van der Waals surface area contributed by atoms with Crippen molar-refractivity contribution in [2.75, 3.05) is 18.8 Å². The maximum atomic E-state index is 5.64. The maximum absolute atomic E-state index is 5.64. The van der Waals surface area contributed by atoms with Gasteiger partial charge < -0.3 is 16.0 Å². The molecule has 16 heavy (non-hydrogen) atoms. The van der Waals surface area contributed by atoms with Crippen molar-refractivity contribution >= 4 is 17.0 Å². The zero-order valence-corrected chi connectivity index (χ0v) is 9.25. The molecule has 1 saturated heterocycles. The molecule has 0 bridgehead atoms. The third-order valence-electron chi connectivity index (χ3n) is 3.31. The number of nitrogens with one attached hydrogen (secondary N) is 2. The van der Waals surface area contributed by atoms with E-state index in [2.05, 4.69) is 27.2 Å². The molecule has 3 rings (SSSR count). The van der Waals surface area contributed by atoms with Crippen molar-refractivity contribution in [1.82, 2.24) is 20.3 Å². The number of aromatic nitrogens is 3. The summed E-state index contributed by atoms with van der Waals surface area (Å²) in [4.78, 5) is 12.1. The van der Waals surface area contributed by atoms with Gasteiger partial charge in [0.2, 0.25) is 0 Å². The lowest BCUT2D eigenvalue weighted by Crippen LogP contribution is -2.26. The molecule has 3 heterocycles. The molecule has 5 heteroatoms. The second-order valence-corrected chi connectivity index (χ2v) is 4.68. The van der Waals surface area contributed by atoms with Crippen molar-refractivity contribution < 1.29 is 0 Å². The summed E-state index contributed by atoms with van der Waals surface area (Å²) in [7, 11) is 0. The van der Waals surface area contributed by atoms with Gasteiger partial charge in [0.05, 0.1) is 5.52 Å². The van der Waals surface area contributed by atoms with Gasteiger partial charge in [0.25, 0.3) is 0 Å². The van der Waals surface area contributed by atoms with Gasteiger partial charge in [-0.25, -0.2) is 9.97 Å². The average Bonchev–Trinajstić information content (AvgIpc) is 2.84. The minimum Gasteiger partial charge on any atom is -0.384 e. The fraction of sp³-hybridized carbons (Fsp3) is 0.455. The van der Waals surface area contributed by atoms with Gasteiger partial charge in [0.15, 0.2) is 5.65 Å². The Hall–Kier alpha value is -1.62. The second kappa shape index (κ2) is 3.18. The van der Waals surface area contributed by atoms with Gasteiger partial charge in [0.1, 0.15) is 11.6 Å². The molecular formula is C11H15N5. The SMILES string of the molecule is CC1(c2nc3nc(N)ccc3[nH]2)CCNC1. The van der Waals surface area contributed by atoms with Crippen molar-refractivity contribution in [3.63, 3.8) is 0 Å². The molecule has 0 amide bonds. The van der Waals surface area contributed by atoms with E-state index in [1.807, 2.05) is 6.07 Å². The first-order valence-corrected chi connectivity index (χ1v) is 5.51. The van der Waals surface area contributed by atoms with Crippen LogP contribution in [-0.2, 0) is 5.41 Å². The molecule has 84 valence electrons. The van der Waals surface area contributed by atoms with Crippen LogP contribution in [0, 0.1) is 0 Å². The molecule has 1 fully saturated rings. The van der Waals surface area contributed by atoms with Gasteiger partial charge >= 0.3 is 0 Å². The summed E-state index contributed by atoms with van der Waals surface area (Å²) in [5.41, 5.74) is 7.40. The largest absolute Gasteiger partial charge is 0.384 e. The summed E-state index contributed by atoms with van der Waals surface area (Å²) >= 11 is 0. The second-order valence-electron chi connectivity index (χ2n) is 4.68. The van der Waals surface area contributed by atoms with Crippen molar-refractivity contribution in [3.8, 4) is 0 Å². The smallest absolute Gasteiger partial charge is 0.179 e. The molecule has 5 nitrogen and oxygen atoms in total. The predicted octanol–water partition coefficient (Wildman–Crippen LogP) is 0.791. The van der Waals surface area contributed by atoms with Gasteiger partial charge in [-0.05, 0) is 25.1 Å². The van der Waals surface area contributed by atoms with Gasteiger partial charge in [-0.3, -0.25) is 0 Å². The first kappa shape index (κ1) is 9.59. The van der Waals surface area contributed by atoms with Crippen LogP contribution < -0.4 is 11.1 Å². The Labute approximate surface area is 93.5 Å². The highest BCUT2D eigenvalue weighted by Gasteiger charge is 2.33. The number of nitrogens with zero attached hydrogens (tertiary/aromatic N) is 2. The molecule has 1 unspecified atom stereocenters. The van der Waals surface area contributed by atoms with Gasteiger partial charge in [-0.2, -0.15) is 0 Å². The zero-order chi connectivity index (χ0) is 11.2. The molecule has 1 atom stereocenters. The number of imidazole rings is 1. The number of H-pyrrole nitrogens is 1. The van der Waals surface area contributed by atoms with Crippen molar-refractivity contribution in [2.45, 2.75) is 18.8 Å². The lowest BCUT2D eigenvalue weighted by atomic mass is 9.89. The highest BCUT2D eigenvalue weighted by Crippen LogP contribution is 2.29. The Balaban J connectivity index is 2.11. The number of nitrogen functional groups attached to an aromatic ring is 1. The van der Waals surface area contributed by atoms with Crippen LogP contribution >= 0.6 is 0 Å². The molecule has 2 aromatic heterocycles. The molecule has 0 spiro atoms. The van der Waals surface area contributed by atoms with Crippen molar-refractivity contribution in [1.29, 1.82) is 0 Å². The summed E-state index contributed by atoms with van der Waals surface area (Å²) < 4.78 is 0. The number of fused-ring (bicyclic) bond motifs is 1. The van der Waals surface area contributed by atoms with Crippen LogP contribution in [0.5, 0.6) is 0 Å². The van der Waals surface area contributed by atoms with Crippen LogP contribution in [0.1, 0.15) is 19.2 Å². The van der Waals surface area contributed by atoms with E-state index < -0.39 is 0 Å². The normalized spacial score (nSPS) is 25.3. The van der Waals surface area contributed by atoms with Gasteiger partial charge in [-0.15, -0.1) is 0 Å². The van der Waals surface area contributed by atoms with E-state index >= 15 is 0 Å². The number of aromatic amines is 1. The summed E-state index contributed by atoms with van der Waals surface area (Å²) in [6.45, 7) is 4.22. The van der Waals surface area contributed by atoms with Crippen LogP contribution in [0.25, 0.3) is 11.2 Å². The summed E-state index contributed by atoms with van der Waals surface area (Å²) in [5.74, 6) is 1.52. The third-order valence-corrected chi connectivity index (χ3v) is 3.31. The first-order chi connectivity index (χ1) is 7.67. The topological polar surface area (TPSA) is 79.6 Å². The molecule has 0 aliphatic carbocycles. The summed E-state index contributed by atoms with van der Waals surface area (Å²) in [6, 6.07) is 3.72. The lowest BCUT2D eigenvalue weighted by molar-refractivity contribution is 0.496. The Morgan fingerprint density at radius 1 is 1.38 bits per heavy atom. The predicted molar refractivity (Wildman–Crippen MR) is 63.1 cm³/mol. The number of rotatable bonds is 1. The Bertz CT molecular complexity index is 524. The molecule has 4 N–H and O–H groups in total. The van der Waals surface area contributed by atoms with E-state index in [9.17, 15) is 0 Å². The zero-order valence-electron chi connectivity index (χ0n) is 9.25. The Kier molecular flexibility index (Phi) is 1.91. The lowest BCUT2D eigenvalue weighted by Gasteiger charge is -2.18. The number of hydrogen-bond acceptors (Lipinski definition) is 4. The summed E-state index contributed by atoms with van der Waals surface area (Å²) in [5, 5.41) is 3.36. The highest BCUT2D eigenvalue weighted by atomic mass is 15.0. The molecule has 1 aliphatic heterocycles. The standard InChI is InChI=1S/C11H15N5/c1-11(4-5-13-6-11)10-14-7-2-3-8(12)15-9(7)16-10/h2-3,13H,4-6H2,1H3,(H3,12,14,15,16). The van der Waals surface area contributed by atoms with Crippen LogP contribution in [0.3, 0.4) is 0 Å². The maximum Gasteiger partial charge on any atom is 0.179 e. The van der Waals surface area contributed by atoms with Crippen molar-refractivity contribution in [2.24, 2.45) is 0 Å². The number of hydrogen-bond donors (Lipinski definition) is 3. The molecule has 2 aromatic rings. The molecule has 0 saturated carbocycles. The minimum absolute atomic E-state index is 0.0927. The monoisotopic (exact) mass is 217 g/mol. The van der Waals surface area contributed by atoms with Crippen LogP contribution in [0.4, 0.5) is 5.82 Å². The molecule has 0 aromatic carbocycles. The van der Waals surface area contributed by atoms with Gasteiger partial charge in [-0.1, -0.05) is 6.92 Å².